The van der Waals surface area contributed by atoms with Crippen molar-refractivity contribution in [2.24, 2.45) is 10.8 Å². The summed E-state index contributed by atoms with van der Waals surface area (Å²) in [4.78, 5) is 17.0. The fraction of sp³-hybridized carbons (Fsp3) is 0.409. The van der Waals surface area contributed by atoms with E-state index in [1.807, 2.05) is 54.7 Å². The molecule has 0 fully saturated rings. The number of benzene rings is 3. The summed E-state index contributed by atoms with van der Waals surface area (Å²) in [5.41, 5.74) is 4.98. The zero-order valence-electron chi connectivity index (χ0n) is 31.6. The van der Waals surface area contributed by atoms with E-state index in [0.717, 1.165) is 53.7 Å². The van der Waals surface area contributed by atoms with Crippen molar-refractivity contribution >= 4 is 59.0 Å². The Balaban J connectivity index is 0.000000269. The van der Waals surface area contributed by atoms with Crippen LogP contribution in [0.15, 0.2) is 71.0 Å². The number of aliphatic hydroxyl groups excluding tert-OH is 1. The van der Waals surface area contributed by atoms with Crippen LogP contribution in [-0.2, 0) is 30.3 Å². The number of nitrogens with zero attached hydrogens (tertiary/aromatic N) is 1. The first-order valence-electron chi connectivity index (χ1n) is 17.7. The van der Waals surface area contributed by atoms with Gasteiger partial charge in [0.05, 0.1) is 0 Å². The number of hydrogen-bond acceptors (Lipinski definition) is 5. The number of pyridine rings is 1. The third kappa shape index (κ3) is 7.36. The van der Waals surface area contributed by atoms with Crippen LogP contribution in [0.3, 0.4) is 0 Å². The fourth-order valence-corrected chi connectivity index (χ4v) is 7.60. The van der Waals surface area contributed by atoms with Gasteiger partial charge in [-0.05, 0) is 74.1 Å². The van der Waals surface area contributed by atoms with E-state index < -0.39 is 0 Å². The molecule has 0 spiro atoms. The summed E-state index contributed by atoms with van der Waals surface area (Å²) >= 11 is 1.79. The third-order valence-corrected chi connectivity index (χ3v) is 12.3. The van der Waals surface area contributed by atoms with Gasteiger partial charge in [-0.15, -0.1) is 40.5 Å². The summed E-state index contributed by atoms with van der Waals surface area (Å²) in [7, 11) is 0. The Hall–Kier alpha value is -3.31. The van der Waals surface area contributed by atoms with Gasteiger partial charge in [-0.2, -0.15) is 0 Å². The average molecular weight is 867 g/mol. The van der Waals surface area contributed by atoms with Gasteiger partial charge in [0.2, 0.25) is 0 Å². The van der Waals surface area contributed by atoms with Crippen LogP contribution in [0, 0.1) is 30.7 Å². The first-order valence-corrected chi connectivity index (χ1v) is 18.5. The van der Waals surface area contributed by atoms with E-state index in [4.69, 9.17) is 9.40 Å². The SMILES string of the molecule is CCC(C)(CC)C(=O)/C=C(\O)C(C)(CC)CC.Cc1oc2cc3sc4c(-c5[c-]c6ccccc6c(C(C)(C)C)c5)nccc4c3cc2c1C.[Ir]. The second-order valence-corrected chi connectivity index (χ2v) is 16.1. The van der Waals surface area contributed by atoms with Crippen molar-refractivity contribution in [3.8, 4) is 11.3 Å². The van der Waals surface area contributed by atoms with Crippen LogP contribution in [0.1, 0.15) is 105 Å². The van der Waals surface area contributed by atoms with E-state index in [1.165, 1.54) is 48.1 Å². The Morgan fingerprint density at radius 3 is 2.12 bits per heavy atom. The maximum absolute atomic E-state index is 12.2. The molecule has 3 aromatic carbocycles. The van der Waals surface area contributed by atoms with Crippen molar-refractivity contribution in [3.05, 3.63) is 89.5 Å². The number of fused-ring (bicyclic) bond motifs is 5. The van der Waals surface area contributed by atoms with Crippen LogP contribution in [0.4, 0.5) is 0 Å². The zero-order valence-corrected chi connectivity index (χ0v) is 34.8. The predicted octanol–water partition coefficient (Wildman–Crippen LogP) is 13.4. The summed E-state index contributed by atoms with van der Waals surface area (Å²) in [6, 6.07) is 21.1. The Bertz CT molecular complexity index is 2190. The molecule has 6 aromatic rings. The van der Waals surface area contributed by atoms with Gasteiger partial charge < -0.3 is 9.52 Å². The topological polar surface area (TPSA) is 63.3 Å². The number of allylic oxidation sites excluding steroid dienone is 2. The van der Waals surface area contributed by atoms with Crippen LogP contribution in [0.25, 0.3) is 53.2 Å². The molecule has 0 aliphatic rings. The van der Waals surface area contributed by atoms with Crippen molar-refractivity contribution in [2.45, 2.75) is 107 Å². The molecule has 0 atom stereocenters. The first-order chi connectivity index (χ1) is 23.1. The number of hydrogen-bond donors (Lipinski definition) is 1. The molecule has 50 heavy (non-hydrogen) atoms. The van der Waals surface area contributed by atoms with Crippen molar-refractivity contribution in [1.29, 1.82) is 0 Å². The standard InChI is InChI=1S/C29H24NOS.C15H28O2.Ir/c1-16-17(2)31-25-15-26-23(14-22(16)25)21-10-11-30-27(28(21)32-26)19-12-18-8-6-7-9-20(18)24(13-19)29(3,4)5;1-7-14(5,8-2)12(16)11-13(17)15(6,9-3)10-4;/h6-11,13-15H,1-5H3;11,16H,7-10H2,1-6H3;/q-1;;/b;12-11-;. The molecule has 0 bridgehead atoms. The molecule has 0 unspecified atom stereocenters. The molecule has 267 valence electrons. The molecule has 0 saturated carbocycles. The summed E-state index contributed by atoms with van der Waals surface area (Å²) in [5.74, 6) is 1.28. The Morgan fingerprint density at radius 1 is 0.860 bits per heavy atom. The molecule has 3 heterocycles. The van der Waals surface area contributed by atoms with Crippen molar-refractivity contribution < 1.29 is 34.4 Å². The van der Waals surface area contributed by atoms with E-state index in [0.29, 0.717) is 0 Å². The zero-order chi connectivity index (χ0) is 35.9. The monoisotopic (exact) mass is 867 g/mol. The van der Waals surface area contributed by atoms with Crippen molar-refractivity contribution in [1.82, 2.24) is 4.98 Å². The van der Waals surface area contributed by atoms with Crippen LogP contribution in [0.2, 0.25) is 0 Å². The second kappa shape index (κ2) is 15.1. The fourth-order valence-electron chi connectivity index (χ4n) is 6.39. The van der Waals surface area contributed by atoms with Gasteiger partial charge in [0.25, 0.3) is 0 Å². The van der Waals surface area contributed by atoms with Gasteiger partial charge in [0.15, 0.2) is 5.78 Å². The molecule has 3 aromatic heterocycles. The van der Waals surface area contributed by atoms with Crippen molar-refractivity contribution in [2.75, 3.05) is 0 Å². The molecule has 4 nitrogen and oxygen atoms in total. The Morgan fingerprint density at radius 2 is 1.50 bits per heavy atom. The number of thiophene rings is 1. The number of ketones is 1. The minimum absolute atomic E-state index is 0. The van der Waals surface area contributed by atoms with E-state index in [-0.39, 0.29) is 47.9 Å². The second-order valence-electron chi connectivity index (χ2n) is 15.1. The van der Waals surface area contributed by atoms with Gasteiger partial charge in [0.1, 0.15) is 17.1 Å². The van der Waals surface area contributed by atoms with Crippen molar-refractivity contribution in [3.63, 3.8) is 0 Å². The van der Waals surface area contributed by atoms with E-state index in [1.54, 1.807) is 11.3 Å². The Labute approximate surface area is 315 Å². The number of carbonyl (C=O) groups is 1. The summed E-state index contributed by atoms with van der Waals surface area (Å²) in [6.45, 7) is 23.1. The van der Waals surface area contributed by atoms with Gasteiger partial charge in [0, 0.05) is 69.1 Å². The van der Waals surface area contributed by atoms with Crippen LogP contribution < -0.4 is 0 Å². The number of rotatable bonds is 8. The minimum atomic E-state index is -0.337. The van der Waals surface area contributed by atoms with Crippen LogP contribution >= 0.6 is 11.3 Å². The molecule has 6 rings (SSSR count). The molecular weight excluding hydrogens is 815 g/mol. The smallest absolute Gasteiger partial charge is 0.164 e. The largest absolute Gasteiger partial charge is 0.512 e. The number of furan rings is 1. The van der Waals surface area contributed by atoms with E-state index in [9.17, 15) is 9.90 Å². The minimum Gasteiger partial charge on any atom is -0.512 e. The Kier molecular flexibility index (Phi) is 11.9. The van der Waals surface area contributed by atoms with Crippen LogP contribution in [0.5, 0.6) is 0 Å². The quantitative estimate of drug-likeness (QED) is 0.0940. The molecule has 0 aliphatic heterocycles. The molecule has 0 amide bonds. The summed E-state index contributed by atoms with van der Waals surface area (Å²) in [5, 5.41) is 16.2. The van der Waals surface area contributed by atoms with E-state index >= 15 is 0 Å². The predicted molar refractivity (Wildman–Crippen MR) is 210 cm³/mol. The molecular formula is C44H52IrNO3S-. The maximum Gasteiger partial charge on any atom is 0.164 e. The summed E-state index contributed by atoms with van der Waals surface area (Å²) < 4.78 is 8.44. The van der Waals surface area contributed by atoms with Gasteiger partial charge in [-0.1, -0.05) is 91.5 Å². The number of aryl methyl sites for hydroxylation is 2. The average Bonchev–Trinajstić information content (AvgIpc) is 3.60. The molecule has 0 saturated heterocycles. The number of aliphatic hydroxyl groups is 1. The first kappa shape index (κ1) is 39.5. The van der Waals surface area contributed by atoms with Gasteiger partial charge in [-0.25, -0.2) is 0 Å². The maximum atomic E-state index is 12.2. The number of aromatic nitrogens is 1. The molecule has 1 radical (unpaired) electrons. The summed E-state index contributed by atoms with van der Waals surface area (Å²) in [6.07, 6.45) is 6.69. The van der Waals surface area contributed by atoms with Crippen LogP contribution in [-0.4, -0.2) is 15.9 Å². The van der Waals surface area contributed by atoms with Gasteiger partial charge >= 0.3 is 0 Å². The molecule has 0 aliphatic carbocycles. The molecule has 6 heteroatoms. The molecule has 1 N–H and O–H groups in total. The third-order valence-electron chi connectivity index (χ3n) is 11.1. The van der Waals surface area contributed by atoms with Gasteiger partial charge in [-0.3, -0.25) is 9.78 Å². The normalized spacial score (nSPS) is 12.7. The number of carbonyl (C=O) groups excluding carboxylic acids is 1. The van der Waals surface area contributed by atoms with E-state index in [2.05, 4.69) is 82.3 Å².